The number of amides is 1. The van der Waals surface area contributed by atoms with Crippen molar-refractivity contribution in [3.05, 3.63) is 23.9 Å². The van der Waals surface area contributed by atoms with Crippen molar-refractivity contribution in [1.82, 2.24) is 19.8 Å². The van der Waals surface area contributed by atoms with Crippen LogP contribution in [0.5, 0.6) is 6.01 Å². The zero-order chi connectivity index (χ0) is 22.1. The van der Waals surface area contributed by atoms with E-state index in [2.05, 4.69) is 30.2 Å². The maximum absolute atomic E-state index is 11.9. The van der Waals surface area contributed by atoms with Gasteiger partial charge in [-0.1, -0.05) is 26.8 Å². The smallest absolute Gasteiger partial charge is 0.318 e. The fraction of sp³-hybridized carbons (Fsp3) is 0.696. The van der Waals surface area contributed by atoms with Crippen LogP contribution in [0.2, 0.25) is 0 Å². The molecule has 2 fully saturated rings. The Kier molecular flexibility index (Phi) is 9.09. The van der Waals surface area contributed by atoms with Gasteiger partial charge in [0.1, 0.15) is 5.82 Å². The van der Waals surface area contributed by atoms with Crippen molar-refractivity contribution in [2.45, 2.75) is 39.5 Å². The minimum Gasteiger partial charge on any atom is -0.463 e. The number of nitrogens with zero attached hydrogens (tertiary/aromatic N) is 5. The Labute approximate surface area is 186 Å². The van der Waals surface area contributed by atoms with Crippen molar-refractivity contribution in [3.8, 4) is 6.01 Å². The molecule has 0 bridgehead atoms. The average molecular weight is 432 g/mol. The standard InChI is InChI=1S/C23H37N5O3/c1-4-8-19-20(5-2)24-23(31-16-7-9-26-14-17-30-18-15-26)25-22(19)28-12-10-27(11-13-28)21(29)6-3/h6H,3-5,7-18H2,1-2H3. The van der Waals surface area contributed by atoms with Crippen LogP contribution in [0.1, 0.15) is 37.9 Å². The van der Waals surface area contributed by atoms with Gasteiger partial charge in [-0.15, -0.1) is 0 Å². The van der Waals surface area contributed by atoms with Crippen LogP contribution in [0.3, 0.4) is 0 Å². The summed E-state index contributed by atoms with van der Waals surface area (Å²) >= 11 is 0. The van der Waals surface area contributed by atoms with Crippen LogP contribution in [-0.4, -0.2) is 91.3 Å². The molecule has 2 aliphatic rings. The number of morpholine rings is 1. The van der Waals surface area contributed by atoms with Crippen LogP contribution in [0.15, 0.2) is 12.7 Å². The van der Waals surface area contributed by atoms with Gasteiger partial charge in [0.25, 0.3) is 0 Å². The second kappa shape index (κ2) is 12.0. The summed E-state index contributed by atoms with van der Waals surface area (Å²) in [6.07, 6.45) is 5.17. The molecule has 2 aliphatic heterocycles. The molecule has 0 aromatic carbocycles. The molecular weight excluding hydrogens is 394 g/mol. The maximum Gasteiger partial charge on any atom is 0.318 e. The number of aromatic nitrogens is 2. The fourth-order valence-corrected chi connectivity index (χ4v) is 4.16. The molecule has 8 heteroatoms. The number of rotatable bonds is 10. The number of ether oxygens (including phenoxy) is 2. The van der Waals surface area contributed by atoms with Gasteiger partial charge in [-0.3, -0.25) is 9.69 Å². The van der Waals surface area contributed by atoms with E-state index in [9.17, 15) is 4.79 Å². The molecule has 172 valence electrons. The van der Waals surface area contributed by atoms with E-state index in [-0.39, 0.29) is 5.91 Å². The van der Waals surface area contributed by atoms with E-state index in [1.54, 1.807) is 0 Å². The minimum atomic E-state index is -0.00495. The quantitative estimate of drug-likeness (QED) is 0.414. The predicted octanol–water partition coefficient (Wildman–Crippen LogP) is 1.93. The SMILES string of the molecule is C=CC(=O)N1CCN(c2nc(OCCCN3CCOCC3)nc(CC)c2CCC)CC1. The molecule has 1 amide bonds. The van der Waals surface area contributed by atoms with E-state index in [1.165, 1.54) is 11.6 Å². The summed E-state index contributed by atoms with van der Waals surface area (Å²) in [4.78, 5) is 28.0. The van der Waals surface area contributed by atoms with Gasteiger partial charge in [-0.25, -0.2) is 0 Å². The van der Waals surface area contributed by atoms with Crippen LogP contribution in [0.25, 0.3) is 0 Å². The van der Waals surface area contributed by atoms with Crippen LogP contribution < -0.4 is 9.64 Å². The summed E-state index contributed by atoms with van der Waals surface area (Å²) < 4.78 is 11.4. The largest absolute Gasteiger partial charge is 0.463 e. The van der Waals surface area contributed by atoms with Gasteiger partial charge >= 0.3 is 6.01 Å². The van der Waals surface area contributed by atoms with Gasteiger partial charge in [0, 0.05) is 51.4 Å². The van der Waals surface area contributed by atoms with E-state index in [1.807, 2.05) is 4.90 Å². The van der Waals surface area contributed by atoms with Crippen LogP contribution in [-0.2, 0) is 22.4 Å². The number of carbonyl (C=O) groups is 1. The summed E-state index contributed by atoms with van der Waals surface area (Å²) in [6.45, 7) is 16.0. The molecule has 1 aromatic heterocycles. The Morgan fingerprint density at radius 2 is 1.87 bits per heavy atom. The van der Waals surface area contributed by atoms with E-state index >= 15 is 0 Å². The first kappa shape index (κ1) is 23.5. The molecule has 1 aromatic rings. The Hall–Kier alpha value is -2.19. The number of anilines is 1. The molecule has 2 saturated heterocycles. The molecule has 0 radical (unpaired) electrons. The summed E-state index contributed by atoms with van der Waals surface area (Å²) in [5.74, 6) is 0.970. The third-order valence-electron chi connectivity index (χ3n) is 5.90. The Balaban J connectivity index is 1.66. The second-order valence-electron chi connectivity index (χ2n) is 8.03. The summed E-state index contributed by atoms with van der Waals surface area (Å²) in [5.41, 5.74) is 2.29. The van der Waals surface area contributed by atoms with Crippen molar-refractivity contribution in [2.24, 2.45) is 0 Å². The van der Waals surface area contributed by atoms with Crippen LogP contribution in [0, 0.1) is 0 Å². The molecular formula is C23H37N5O3. The maximum atomic E-state index is 11.9. The van der Waals surface area contributed by atoms with Crippen molar-refractivity contribution in [1.29, 1.82) is 0 Å². The van der Waals surface area contributed by atoms with Gasteiger partial charge in [-0.05, 0) is 25.3 Å². The number of carbonyl (C=O) groups excluding carboxylic acids is 1. The lowest BCUT2D eigenvalue weighted by Crippen LogP contribution is -2.49. The number of hydrogen-bond acceptors (Lipinski definition) is 7. The van der Waals surface area contributed by atoms with Crippen LogP contribution >= 0.6 is 0 Å². The summed E-state index contributed by atoms with van der Waals surface area (Å²) in [7, 11) is 0. The number of aryl methyl sites for hydroxylation is 1. The monoisotopic (exact) mass is 431 g/mol. The van der Waals surface area contributed by atoms with Crippen molar-refractivity contribution < 1.29 is 14.3 Å². The highest BCUT2D eigenvalue weighted by atomic mass is 16.5. The zero-order valence-electron chi connectivity index (χ0n) is 19.1. The lowest BCUT2D eigenvalue weighted by atomic mass is 10.1. The first-order chi connectivity index (χ1) is 15.2. The van der Waals surface area contributed by atoms with Gasteiger partial charge in [0.15, 0.2) is 0 Å². The molecule has 3 heterocycles. The normalized spacial score (nSPS) is 17.6. The van der Waals surface area contributed by atoms with E-state index in [0.29, 0.717) is 25.7 Å². The topological polar surface area (TPSA) is 71.0 Å². The molecule has 0 aliphatic carbocycles. The van der Waals surface area contributed by atoms with E-state index in [4.69, 9.17) is 19.4 Å². The second-order valence-corrected chi connectivity index (χ2v) is 8.03. The molecule has 0 N–H and O–H groups in total. The van der Waals surface area contributed by atoms with Gasteiger partial charge in [-0.2, -0.15) is 9.97 Å². The highest BCUT2D eigenvalue weighted by Gasteiger charge is 2.24. The summed E-state index contributed by atoms with van der Waals surface area (Å²) in [6, 6.07) is 0.471. The minimum absolute atomic E-state index is 0.00495. The molecule has 0 atom stereocenters. The highest BCUT2D eigenvalue weighted by Crippen LogP contribution is 2.27. The fourth-order valence-electron chi connectivity index (χ4n) is 4.16. The first-order valence-electron chi connectivity index (χ1n) is 11.6. The van der Waals surface area contributed by atoms with Crippen molar-refractivity contribution >= 4 is 11.7 Å². The highest BCUT2D eigenvalue weighted by molar-refractivity contribution is 5.87. The Bertz CT molecular complexity index is 728. The third kappa shape index (κ3) is 6.40. The van der Waals surface area contributed by atoms with Gasteiger partial charge in [0.2, 0.25) is 5.91 Å². The van der Waals surface area contributed by atoms with Crippen molar-refractivity contribution in [2.75, 3.05) is 70.5 Å². The molecule has 3 rings (SSSR count). The average Bonchev–Trinajstić information content (AvgIpc) is 2.82. The van der Waals surface area contributed by atoms with Crippen LogP contribution in [0.4, 0.5) is 5.82 Å². The van der Waals surface area contributed by atoms with Gasteiger partial charge < -0.3 is 19.3 Å². The van der Waals surface area contributed by atoms with E-state index < -0.39 is 0 Å². The molecule has 8 nitrogen and oxygen atoms in total. The molecule has 0 unspecified atom stereocenters. The number of piperazine rings is 1. The molecule has 0 saturated carbocycles. The lowest BCUT2D eigenvalue weighted by Gasteiger charge is -2.36. The lowest BCUT2D eigenvalue weighted by molar-refractivity contribution is -0.126. The molecule has 31 heavy (non-hydrogen) atoms. The van der Waals surface area contributed by atoms with Gasteiger partial charge in [0.05, 0.1) is 25.5 Å². The zero-order valence-corrected chi connectivity index (χ0v) is 19.1. The Morgan fingerprint density at radius 1 is 1.13 bits per heavy atom. The van der Waals surface area contributed by atoms with Crippen molar-refractivity contribution in [3.63, 3.8) is 0 Å². The number of hydrogen-bond donors (Lipinski definition) is 0. The third-order valence-corrected chi connectivity index (χ3v) is 5.90. The first-order valence-corrected chi connectivity index (χ1v) is 11.6. The Morgan fingerprint density at radius 3 is 2.52 bits per heavy atom. The van der Waals surface area contributed by atoms with E-state index in [0.717, 1.165) is 83.1 Å². The summed E-state index contributed by atoms with van der Waals surface area (Å²) in [5, 5.41) is 0. The molecule has 0 spiro atoms. The predicted molar refractivity (Wildman–Crippen MR) is 122 cm³/mol.